The molecule has 1 aromatic rings. The van der Waals surface area contributed by atoms with Gasteiger partial charge in [-0.1, -0.05) is 6.92 Å². The lowest BCUT2D eigenvalue weighted by molar-refractivity contribution is -0.384. The van der Waals surface area contributed by atoms with Crippen LogP contribution in [0, 0.1) is 21.8 Å². The molecule has 0 fully saturated rings. The van der Waals surface area contributed by atoms with Crippen molar-refractivity contribution in [3.63, 3.8) is 0 Å². The molecule has 0 bridgehead atoms. The van der Waals surface area contributed by atoms with Crippen molar-refractivity contribution < 1.29 is 14.1 Å². The molecule has 1 atom stereocenters. The predicted octanol–water partition coefficient (Wildman–Crippen LogP) is 2.43. The highest BCUT2D eigenvalue weighted by molar-refractivity contribution is 5.61. The predicted molar refractivity (Wildman–Crippen MR) is 62.6 cm³/mol. The second kappa shape index (κ2) is 6.15. The lowest BCUT2D eigenvalue weighted by Crippen LogP contribution is -2.16. The Hall–Kier alpha value is -1.69. The molecule has 0 aliphatic carbocycles. The van der Waals surface area contributed by atoms with Gasteiger partial charge in [-0.15, -0.1) is 0 Å². The molecule has 0 amide bonds. The molecule has 0 saturated heterocycles. The average Bonchev–Trinajstić information content (AvgIpc) is 2.26. The second-order valence-corrected chi connectivity index (χ2v) is 3.86. The smallest absolute Gasteiger partial charge is 0.292 e. The topological polar surface area (TPSA) is 64.4 Å². The quantitative estimate of drug-likeness (QED) is 0.614. The molecule has 0 spiro atoms. The lowest BCUT2D eigenvalue weighted by atomic mass is 10.2. The highest BCUT2D eigenvalue weighted by Gasteiger charge is 2.14. The van der Waals surface area contributed by atoms with Crippen molar-refractivity contribution in [1.82, 2.24) is 0 Å². The van der Waals surface area contributed by atoms with Gasteiger partial charge in [0.15, 0.2) is 0 Å². The molecular formula is C11H15FN2O3. The first-order valence-corrected chi connectivity index (χ1v) is 5.21. The van der Waals surface area contributed by atoms with Crippen molar-refractivity contribution in [3.05, 3.63) is 34.1 Å². The summed E-state index contributed by atoms with van der Waals surface area (Å²) >= 11 is 0. The summed E-state index contributed by atoms with van der Waals surface area (Å²) in [6, 6.07) is 3.35. The minimum atomic E-state index is -0.539. The van der Waals surface area contributed by atoms with Crippen LogP contribution in [0.3, 0.4) is 0 Å². The first kappa shape index (κ1) is 13.4. The molecule has 0 aliphatic rings. The maximum absolute atomic E-state index is 13.0. The van der Waals surface area contributed by atoms with Crippen LogP contribution in [0.1, 0.15) is 6.92 Å². The van der Waals surface area contributed by atoms with Crippen LogP contribution >= 0.6 is 0 Å². The van der Waals surface area contributed by atoms with Gasteiger partial charge >= 0.3 is 0 Å². The number of rotatable bonds is 6. The zero-order chi connectivity index (χ0) is 12.8. The molecule has 1 aromatic carbocycles. The van der Waals surface area contributed by atoms with E-state index in [1.807, 2.05) is 6.92 Å². The third-order valence-electron chi connectivity index (χ3n) is 2.25. The number of benzene rings is 1. The van der Waals surface area contributed by atoms with E-state index in [4.69, 9.17) is 4.74 Å². The van der Waals surface area contributed by atoms with Gasteiger partial charge in [-0.2, -0.15) is 0 Å². The third-order valence-corrected chi connectivity index (χ3v) is 2.25. The van der Waals surface area contributed by atoms with Gasteiger partial charge in [-0.05, 0) is 12.0 Å². The van der Waals surface area contributed by atoms with Gasteiger partial charge in [0.25, 0.3) is 5.69 Å². The first-order valence-electron chi connectivity index (χ1n) is 5.21. The summed E-state index contributed by atoms with van der Waals surface area (Å²) in [5.41, 5.74) is 0.0639. The number of ether oxygens (including phenoxy) is 1. The van der Waals surface area contributed by atoms with Gasteiger partial charge in [0.2, 0.25) is 0 Å². The minimum absolute atomic E-state index is 0.129. The number of hydrogen-bond donors (Lipinski definition) is 1. The summed E-state index contributed by atoms with van der Waals surface area (Å²) in [5.74, 6) is -0.319. The van der Waals surface area contributed by atoms with E-state index >= 15 is 0 Å². The van der Waals surface area contributed by atoms with Crippen LogP contribution in [-0.4, -0.2) is 25.2 Å². The van der Waals surface area contributed by atoms with E-state index in [1.165, 1.54) is 0 Å². The molecule has 0 saturated carbocycles. The van der Waals surface area contributed by atoms with E-state index in [-0.39, 0.29) is 17.3 Å². The number of nitro benzene ring substituents is 1. The zero-order valence-corrected chi connectivity index (χ0v) is 9.77. The van der Waals surface area contributed by atoms with Gasteiger partial charge < -0.3 is 10.1 Å². The molecule has 94 valence electrons. The molecule has 0 radical (unpaired) electrons. The van der Waals surface area contributed by atoms with E-state index in [0.717, 1.165) is 18.2 Å². The molecule has 17 heavy (non-hydrogen) atoms. The number of hydrogen-bond acceptors (Lipinski definition) is 4. The van der Waals surface area contributed by atoms with Crippen LogP contribution in [0.4, 0.5) is 15.8 Å². The van der Waals surface area contributed by atoms with Crippen LogP contribution in [0.15, 0.2) is 18.2 Å². The lowest BCUT2D eigenvalue weighted by Gasteiger charge is -2.12. The molecular weight excluding hydrogens is 227 g/mol. The molecule has 0 aromatic heterocycles. The SMILES string of the molecule is COCC(C)CNc1cc(F)ccc1[N+](=O)[O-]. The molecule has 1 N–H and O–H groups in total. The van der Waals surface area contributed by atoms with Crippen LogP contribution < -0.4 is 5.32 Å². The van der Waals surface area contributed by atoms with E-state index in [9.17, 15) is 14.5 Å². The normalized spacial score (nSPS) is 12.2. The minimum Gasteiger partial charge on any atom is -0.384 e. The Morgan fingerprint density at radius 2 is 2.29 bits per heavy atom. The Morgan fingerprint density at radius 1 is 1.59 bits per heavy atom. The summed E-state index contributed by atoms with van der Waals surface area (Å²) in [7, 11) is 1.58. The Kier molecular flexibility index (Phi) is 4.84. The van der Waals surface area contributed by atoms with Gasteiger partial charge in [0, 0.05) is 25.8 Å². The van der Waals surface area contributed by atoms with Crippen molar-refractivity contribution in [3.8, 4) is 0 Å². The van der Waals surface area contributed by atoms with Gasteiger partial charge in [0.1, 0.15) is 11.5 Å². The Balaban J connectivity index is 2.75. The fraction of sp³-hybridized carbons (Fsp3) is 0.455. The summed E-state index contributed by atoms with van der Waals surface area (Å²) < 4.78 is 17.9. The summed E-state index contributed by atoms with van der Waals surface area (Å²) in [5, 5.41) is 13.6. The number of nitrogens with zero attached hydrogens (tertiary/aromatic N) is 1. The van der Waals surface area contributed by atoms with Gasteiger partial charge in [0.05, 0.1) is 11.5 Å². The highest BCUT2D eigenvalue weighted by Crippen LogP contribution is 2.24. The van der Waals surface area contributed by atoms with Crippen molar-refractivity contribution in [1.29, 1.82) is 0 Å². The molecule has 6 heteroatoms. The number of halogens is 1. The molecule has 0 heterocycles. The maximum atomic E-state index is 13.0. The average molecular weight is 242 g/mol. The van der Waals surface area contributed by atoms with Crippen LogP contribution in [0.2, 0.25) is 0 Å². The number of methoxy groups -OCH3 is 1. The Morgan fingerprint density at radius 3 is 2.88 bits per heavy atom. The van der Waals surface area contributed by atoms with Gasteiger partial charge in [-0.3, -0.25) is 10.1 Å². The van der Waals surface area contributed by atoms with Crippen molar-refractivity contribution in [2.45, 2.75) is 6.92 Å². The molecule has 0 aliphatic heterocycles. The van der Waals surface area contributed by atoms with E-state index in [1.54, 1.807) is 7.11 Å². The van der Waals surface area contributed by atoms with E-state index < -0.39 is 10.7 Å². The summed E-state index contributed by atoms with van der Waals surface area (Å²) in [6.07, 6.45) is 0. The van der Waals surface area contributed by atoms with E-state index in [0.29, 0.717) is 13.2 Å². The Bertz CT molecular complexity index is 398. The zero-order valence-electron chi connectivity index (χ0n) is 9.77. The number of nitrogens with one attached hydrogen (secondary N) is 1. The second-order valence-electron chi connectivity index (χ2n) is 3.86. The number of nitro groups is 1. The van der Waals surface area contributed by atoms with Crippen LogP contribution in [-0.2, 0) is 4.74 Å². The van der Waals surface area contributed by atoms with Crippen LogP contribution in [0.25, 0.3) is 0 Å². The third kappa shape index (κ3) is 3.99. The highest BCUT2D eigenvalue weighted by atomic mass is 19.1. The summed E-state index contributed by atoms with van der Waals surface area (Å²) in [6.45, 7) is 2.95. The number of anilines is 1. The Labute approximate surface area is 98.7 Å². The molecule has 1 rings (SSSR count). The monoisotopic (exact) mass is 242 g/mol. The maximum Gasteiger partial charge on any atom is 0.292 e. The summed E-state index contributed by atoms with van der Waals surface area (Å²) in [4.78, 5) is 10.2. The van der Waals surface area contributed by atoms with Gasteiger partial charge in [-0.25, -0.2) is 4.39 Å². The first-order chi connectivity index (χ1) is 8.04. The van der Waals surface area contributed by atoms with Crippen molar-refractivity contribution in [2.24, 2.45) is 5.92 Å². The largest absolute Gasteiger partial charge is 0.384 e. The molecule has 5 nitrogen and oxygen atoms in total. The van der Waals surface area contributed by atoms with Crippen molar-refractivity contribution >= 4 is 11.4 Å². The standard InChI is InChI=1S/C11H15FN2O3/c1-8(7-17-2)6-13-10-5-9(12)3-4-11(10)14(15)16/h3-5,8,13H,6-7H2,1-2H3. The fourth-order valence-electron chi connectivity index (χ4n) is 1.44. The van der Waals surface area contributed by atoms with Crippen LogP contribution in [0.5, 0.6) is 0 Å². The fourth-order valence-corrected chi connectivity index (χ4v) is 1.44. The van der Waals surface area contributed by atoms with E-state index in [2.05, 4.69) is 5.32 Å². The van der Waals surface area contributed by atoms with Crippen molar-refractivity contribution in [2.75, 3.05) is 25.6 Å². The molecule has 1 unspecified atom stereocenters.